The fourth-order valence-corrected chi connectivity index (χ4v) is 4.91. The van der Waals surface area contributed by atoms with Crippen LogP contribution in [0.15, 0.2) is 48.7 Å². The minimum Gasteiger partial charge on any atom is -0.379 e. The second-order valence-corrected chi connectivity index (χ2v) is 8.96. The highest BCUT2D eigenvalue weighted by atomic mass is 32.1. The third-order valence-corrected chi connectivity index (χ3v) is 6.78. The summed E-state index contributed by atoms with van der Waals surface area (Å²) in [7, 11) is 0. The molecule has 1 atom stereocenters. The van der Waals surface area contributed by atoms with Crippen LogP contribution >= 0.6 is 11.3 Å². The van der Waals surface area contributed by atoms with Gasteiger partial charge in [-0.05, 0) is 30.7 Å². The fourth-order valence-electron chi connectivity index (χ4n) is 4.05. The molecule has 5 rings (SSSR count). The molecule has 0 radical (unpaired) electrons. The fraction of sp³-hybridized carbons (Fsp3) is 0.167. The average Bonchev–Trinajstić information content (AvgIpc) is 3.42. The number of anilines is 1. The first-order chi connectivity index (χ1) is 16.5. The number of fused-ring (bicyclic) bond motifs is 1. The van der Waals surface area contributed by atoms with Gasteiger partial charge in [-0.25, -0.2) is 4.98 Å². The second-order valence-electron chi connectivity index (χ2n) is 7.85. The number of piperidine rings is 1. The zero-order valence-electron chi connectivity index (χ0n) is 17.7. The zero-order chi connectivity index (χ0) is 23.8. The molecule has 168 valence electrons. The Morgan fingerprint density at radius 1 is 1.12 bits per heavy atom. The average molecular weight is 471 g/mol. The monoisotopic (exact) mass is 471 g/mol. The van der Waals surface area contributed by atoms with Crippen molar-refractivity contribution in [3.05, 3.63) is 70.2 Å². The van der Waals surface area contributed by atoms with E-state index in [0.717, 1.165) is 20.3 Å². The van der Waals surface area contributed by atoms with Crippen molar-refractivity contribution < 1.29 is 19.2 Å². The quantitative estimate of drug-likeness (QED) is 0.547. The molecule has 10 heteroatoms. The predicted molar refractivity (Wildman–Crippen MR) is 123 cm³/mol. The number of aromatic nitrogens is 1. The number of imide groups is 2. The van der Waals surface area contributed by atoms with E-state index in [1.165, 1.54) is 11.3 Å². The molecule has 2 aromatic carbocycles. The van der Waals surface area contributed by atoms with Gasteiger partial charge in [-0.15, -0.1) is 11.3 Å². The number of rotatable bonds is 5. The molecule has 4 amide bonds. The van der Waals surface area contributed by atoms with Crippen molar-refractivity contribution in [2.75, 3.05) is 5.32 Å². The van der Waals surface area contributed by atoms with E-state index in [9.17, 15) is 19.2 Å². The van der Waals surface area contributed by atoms with Crippen molar-refractivity contribution in [1.29, 1.82) is 5.26 Å². The molecular formula is C24H17N5O4S. The Morgan fingerprint density at radius 2 is 1.91 bits per heavy atom. The van der Waals surface area contributed by atoms with E-state index in [1.807, 2.05) is 12.1 Å². The van der Waals surface area contributed by atoms with E-state index < -0.39 is 29.7 Å². The van der Waals surface area contributed by atoms with Crippen molar-refractivity contribution >= 4 is 40.7 Å². The topological polar surface area (TPSA) is 132 Å². The van der Waals surface area contributed by atoms with E-state index >= 15 is 0 Å². The third kappa shape index (κ3) is 3.72. The Balaban J connectivity index is 1.34. The summed E-state index contributed by atoms with van der Waals surface area (Å²) in [5.41, 5.74) is 2.40. The van der Waals surface area contributed by atoms with Crippen molar-refractivity contribution in [3.8, 4) is 16.6 Å². The molecule has 34 heavy (non-hydrogen) atoms. The lowest BCUT2D eigenvalue weighted by molar-refractivity contribution is -0.136. The van der Waals surface area contributed by atoms with Crippen LogP contribution in [-0.4, -0.2) is 39.6 Å². The van der Waals surface area contributed by atoms with Crippen LogP contribution in [-0.2, 0) is 16.1 Å². The molecule has 1 unspecified atom stereocenters. The molecule has 0 saturated carbocycles. The van der Waals surface area contributed by atoms with Crippen molar-refractivity contribution in [2.24, 2.45) is 0 Å². The first kappa shape index (κ1) is 21.5. The lowest BCUT2D eigenvalue weighted by atomic mass is 10.0. The Labute approximate surface area is 198 Å². The highest BCUT2D eigenvalue weighted by Gasteiger charge is 2.45. The van der Waals surface area contributed by atoms with Gasteiger partial charge in [-0.3, -0.25) is 29.4 Å². The van der Waals surface area contributed by atoms with Gasteiger partial charge in [-0.2, -0.15) is 5.26 Å². The van der Waals surface area contributed by atoms with E-state index in [4.69, 9.17) is 5.26 Å². The molecule has 2 aliphatic rings. The van der Waals surface area contributed by atoms with Gasteiger partial charge in [-0.1, -0.05) is 18.2 Å². The van der Waals surface area contributed by atoms with Gasteiger partial charge in [0.15, 0.2) is 0 Å². The Bertz CT molecular complexity index is 1390. The molecule has 0 bridgehead atoms. The lowest BCUT2D eigenvalue weighted by Gasteiger charge is -2.27. The zero-order valence-corrected chi connectivity index (χ0v) is 18.5. The number of benzene rings is 2. The Kier molecular flexibility index (Phi) is 5.39. The molecule has 1 fully saturated rings. The maximum Gasteiger partial charge on any atom is 0.264 e. The molecular weight excluding hydrogens is 454 g/mol. The summed E-state index contributed by atoms with van der Waals surface area (Å²) in [4.78, 5) is 56.2. The number of carbonyl (C=O) groups excluding carboxylic acids is 4. The van der Waals surface area contributed by atoms with Gasteiger partial charge >= 0.3 is 0 Å². The first-order valence-corrected chi connectivity index (χ1v) is 11.3. The first-order valence-electron chi connectivity index (χ1n) is 10.5. The number of nitriles is 1. The number of hydrogen-bond donors (Lipinski definition) is 2. The maximum atomic E-state index is 13.2. The number of nitrogens with zero attached hydrogens (tertiary/aromatic N) is 3. The largest absolute Gasteiger partial charge is 0.379 e. The predicted octanol–water partition coefficient (Wildman–Crippen LogP) is 2.70. The molecule has 1 aromatic heterocycles. The number of amides is 4. The Hall–Kier alpha value is -4.36. The summed E-state index contributed by atoms with van der Waals surface area (Å²) in [5, 5.41) is 15.2. The minimum atomic E-state index is -1.01. The number of thiazole rings is 1. The number of hydrogen-bond acceptors (Lipinski definition) is 8. The van der Waals surface area contributed by atoms with Crippen LogP contribution < -0.4 is 10.6 Å². The van der Waals surface area contributed by atoms with Crippen LogP contribution in [0, 0.1) is 11.3 Å². The number of nitrogens with one attached hydrogen (secondary N) is 2. The summed E-state index contributed by atoms with van der Waals surface area (Å²) in [5.74, 6) is -2.15. The maximum absolute atomic E-state index is 13.2. The summed E-state index contributed by atoms with van der Waals surface area (Å²) < 4.78 is 0. The van der Waals surface area contributed by atoms with Gasteiger partial charge in [0.1, 0.15) is 11.0 Å². The van der Waals surface area contributed by atoms with Crippen molar-refractivity contribution in [2.45, 2.75) is 25.4 Å². The van der Waals surface area contributed by atoms with Gasteiger partial charge < -0.3 is 5.32 Å². The van der Waals surface area contributed by atoms with Crippen LogP contribution in [0.5, 0.6) is 0 Å². The van der Waals surface area contributed by atoms with Gasteiger partial charge in [0.2, 0.25) is 11.8 Å². The van der Waals surface area contributed by atoms with Crippen LogP contribution in [0.4, 0.5) is 5.69 Å². The molecule has 0 spiro atoms. The summed E-state index contributed by atoms with van der Waals surface area (Å²) in [6, 6.07) is 13.2. The van der Waals surface area contributed by atoms with Crippen LogP contribution in [0.2, 0.25) is 0 Å². The summed E-state index contributed by atoms with van der Waals surface area (Å²) >= 11 is 1.47. The third-order valence-electron chi connectivity index (χ3n) is 5.74. The van der Waals surface area contributed by atoms with Crippen LogP contribution in [0.1, 0.15) is 44.0 Å². The normalized spacial score (nSPS) is 17.4. The SMILES string of the molecule is N#Cc1ccc(-c2ncc(CNc3cccc4c3C(=O)N(C3CCC(=O)NC3=O)C4=O)s2)cc1. The van der Waals surface area contributed by atoms with E-state index in [-0.39, 0.29) is 24.0 Å². The van der Waals surface area contributed by atoms with Crippen LogP contribution in [0.3, 0.4) is 0 Å². The smallest absolute Gasteiger partial charge is 0.264 e. The van der Waals surface area contributed by atoms with Gasteiger partial charge in [0.05, 0.1) is 29.3 Å². The van der Waals surface area contributed by atoms with Crippen LogP contribution in [0.25, 0.3) is 10.6 Å². The molecule has 2 aliphatic heterocycles. The lowest BCUT2D eigenvalue weighted by Crippen LogP contribution is -2.54. The van der Waals surface area contributed by atoms with Gasteiger partial charge in [0, 0.05) is 28.7 Å². The van der Waals surface area contributed by atoms with Crippen molar-refractivity contribution in [3.63, 3.8) is 0 Å². The molecule has 3 heterocycles. The molecule has 2 N–H and O–H groups in total. The molecule has 1 saturated heterocycles. The summed E-state index contributed by atoms with van der Waals surface area (Å²) in [6.07, 6.45) is 1.91. The minimum absolute atomic E-state index is 0.0713. The Morgan fingerprint density at radius 3 is 2.65 bits per heavy atom. The molecule has 3 aromatic rings. The highest BCUT2D eigenvalue weighted by molar-refractivity contribution is 7.15. The van der Waals surface area contributed by atoms with Gasteiger partial charge in [0.25, 0.3) is 11.8 Å². The second kappa shape index (κ2) is 8.53. The van der Waals surface area contributed by atoms with E-state index in [0.29, 0.717) is 17.8 Å². The van der Waals surface area contributed by atoms with E-state index in [2.05, 4.69) is 21.7 Å². The van der Waals surface area contributed by atoms with E-state index in [1.54, 1.807) is 36.5 Å². The summed E-state index contributed by atoms with van der Waals surface area (Å²) in [6.45, 7) is 0.379. The molecule has 9 nitrogen and oxygen atoms in total. The molecule has 0 aliphatic carbocycles. The van der Waals surface area contributed by atoms with Crippen molar-refractivity contribution in [1.82, 2.24) is 15.2 Å². The number of carbonyl (C=O) groups is 4. The standard InChI is InChI=1S/C24H17N5O4S/c25-10-13-4-6-14(7-5-13)22-27-12-15(34-22)11-26-17-3-1-2-16-20(17)24(33)29(23(16)32)18-8-9-19(30)28-21(18)31/h1-7,12,18,26H,8-9,11H2,(H,28,30,31). The highest BCUT2D eigenvalue weighted by Crippen LogP contribution is 2.33.